The maximum Gasteiger partial charge on any atom is 0.339 e. The third-order valence-electron chi connectivity index (χ3n) is 2.14. The molecule has 0 aliphatic heterocycles. The lowest BCUT2D eigenvalue weighted by Crippen LogP contribution is -2.10. The standard InChI is InChI=1S/C11H8N2O4S/c14-8-2-1-6(3-7(8)11(16)17)13-10(15)9-4-12-5-18-9/h1-5,14H,(H,13,15)(H,16,17). The van der Waals surface area contributed by atoms with Crippen LogP contribution in [0.15, 0.2) is 29.9 Å². The van der Waals surface area contributed by atoms with Crippen LogP contribution in [0.5, 0.6) is 5.75 Å². The highest BCUT2D eigenvalue weighted by Gasteiger charge is 2.12. The van der Waals surface area contributed by atoms with Gasteiger partial charge in [0, 0.05) is 5.69 Å². The molecule has 1 amide bonds. The fourth-order valence-electron chi connectivity index (χ4n) is 1.31. The van der Waals surface area contributed by atoms with Crippen LogP contribution < -0.4 is 5.32 Å². The summed E-state index contributed by atoms with van der Waals surface area (Å²) in [5.41, 5.74) is 1.55. The van der Waals surface area contributed by atoms with Crippen LogP contribution in [0, 0.1) is 0 Å². The van der Waals surface area contributed by atoms with Crippen molar-refractivity contribution in [2.24, 2.45) is 0 Å². The van der Waals surface area contributed by atoms with Gasteiger partial charge in [0.05, 0.1) is 11.7 Å². The highest BCUT2D eigenvalue weighted by molar-refractivity contribution is 7.11. The number of nitrogens with zero attached hydrogens (tertiary/aromatic N) is 1. The van der Waals surface area contributed by atoms with Crippen LogP contribution in [0.3, 0.4) is 0 Å². The quantitative estimate of drug-likeness (QED) is 0.734. The van der Waals surface area contributed by atoms with Gasteiger partial charge in [0.2, 0.25) is 0 Å². The van der Waals surface area contributed by atoms with Crippen molar-refractivity contribution in [2.75, 3.05) is 5.32 Å². The van der Waals surface area contributed by atoms with Crippen LogP contribution in [0.2, 0.25) is 0 Å². The maximum absolute atomic E-state index is 11.7. The summed E-state index contributed by atoms with van der Waals surface area (Å²) in [4.78, 5) is 26.7. The van der Waals surface area contributed by atoms with E-state index in [4.69, 9.17) is 5.11 Å². The van der Waals surface area contributed by atoms with E-state index in [0.29, 0.717) is 10.6 Å². The topological polar surface area (TPSA) is 99.5 Å². The van der Waals surface area contributed by atoms with Crippen molar-refractivity contribution in [3.63, 3.8) is 0 Å². The Kier molecular flexibility index (Phi) is 3.24. The smallest absolute Gasteiger partial charge is 0.339 e. The van der Waals surface area contributed by atoms with E-state index in [1.807, 2.05) is 0 Å². The molecule has 92 valence electrons. The number of aromatic hydroxyl groups is 1. The van der Waals surface area contributed by atoms with Gasteiger partial charge in [0.1, 0.15) is 16.2 Å². The summed E-state index contributed by atoms with van der Waals surface area (Å²) in [6, 6.07) is 3.82. The lowest BCUT2D eigenvalue weighted by Gasteiger charge is -2.05. The summed E-state index contributed by atoms with van der Waals surface area (Å²) in [5.74, 6) is -1.99. The number of phenols is 1. The second-order valence-electron chi connectivity index (χ2n) is 3.36. The van der Waals surface area contributed by atoms with Gasteiger partial charge in [-0.25, -0.2) is 4.79 Å². The highest BCUT2D eigenvalue weighted by atomic mass is 32.1. The van der Waals surface area contributed by atoms with Gasteiger partial charge in [-0.2, -0.15) is 0 Å². The molecule has 0 radical (unpaired) electrons. The van der Waals surface area contributed by atoms with E-state index < -0.39 is 5.97 Å². The molecule has 0 fully saturated rings. The first-order valence-electron chi connectivity index (χ1n) is 4.84. The number of rotatable bonds is 3. The SMILES string of the molecule is O=C(Nc1ccc(O)c(C(=O)O)c1)c1cncs1. The number of nitrogens with one attached hydrogen (secondary N) is 1. The van der Waals surface area contributed by atoms with Crippen LogP contribution in [-0.2, 0) is 0 Å². The molecule has 2 aromatic rings. The Balaban J connectivity index is 2.22. The van der Waals surface area contributed by atoms with Gasteiger partial charge in [-0.1, -0.05) is 0 Å². The second-order valence-corrected chi connectivity index (χ2v) is 4.24. The van der Waals surface area contributed by atoms with E-state index in [1.165, 1.54) is 41.2 Å². The molecule has 0 saturated carbocycles. The molecular formula is C11H8N2O4S. The Morgan fingerprint density at radius 2 is 2.11 bits per heavy atom. The largest absolute Gasteiger partial charge is 0.507 e. The molecule has 18 heavy (non-hydrogen) atoms. The van der Waals surface area contributed by atoms with Crippen LogP contribution >= 0.6 is 11.3 Å². The van der Waals surface area contributed by atoms with Gasteiger partial charge in [-0.15, -0.1) is 11.3 Å². The first-order chi connectivity index (χ1) is 8.58. The number of aromatic carboxylic acids is 1. The third kappa shape index (κ3) is 2.46. The number of carboxylic acids is 1. The summed E-state index contributed by atoms with van der Waals surface area (Å²) >= 11 is 1.18. The van der Waals surface area contributed by atoms with Crippen molar-refractivity contribution >= 4 is 28.9 Å². The average molecular weight is 264 g/mol. The summed E-state index contributed by atoms with van der Waals surface area (Å²) in [6.45, 7) is 0. The summed E-state index contributed by atoms with van der Waals surface area (Å²) in [7, 11) is 0. The van der Waals surface area contributed by atoms with Crippen LogP contribution in [0.4, 0.5) is 5.69 Å². The molecule has 0 aliphatic rings. The Morgan fingerprint density at radius 1 is 1.33 bits per heavy atom. The molecule has 0 saturated heterocycles. The summed E-state index contributed by atoms with van der Waals surface area (Å²) in [5, 5.41) is 20.7. The lowest BCUT2D eigenvalue weighted by atomic mass is 10.2. The minimum atomic E-state index is -1.26. The second kappa shape index (κ2) is 4.84. The Labute approximate surface area is 106 Å². The van der Waals surface area contributed by atoms with Crippen LogP contribution in [-0.4, -0.2) is 27.1 Å². The molecule has 3 N–H and O–H groups in total. The minimum absolute atomic E-state index is 0.267. The molecule has 0 unspecified atom stereocenters. The molecule has 2 rings (SSSR count). The molecule has 0 spiro atoms. The minimum Gasteiger partial charge on any atom is -0.507 e. The van der Waals surface area contributed by atoms with Gasteiger partial charge in [0.15, 0.2) is 0 Å². The zero-order valence-corrected chi connectivity index (χ0v) is 9.77. The fraction of sp³-hybridized carbons (Fsp3) is 0. The number of carbonyl (C=O) groups is 2. The molecule has 7 heteroatoms. The van der Waals surface area contributed by atoms with E-state index in [2.05, 4.69) is 10.3 Å². The van der Waals surface area contributed by atoms with Crippen LogP contribution in [0.25, 0.3) is 0 Å². The first kappa shape index (κ1) is 12.1. The third-order valence-corrected chi connectivity index (χ3v) is 2.91. The highest BCUT2D eigenvalue weighted by Crippen LogP contribution is 2.22. The van der Waals surface area contributed by atoms with Gasteiger partial charge < -0.3 is 15.5 Å². The van der Waals surface area contributed by atoms with Crippen molar-refractivity contribution < 1.29 is 19.8 Å². The monoisotopic (exact) mass is 264 g/mol. The normalized spacial score (nSPS) is 10.0. The summed E-state index contributed by atoms with van der Waals surface area (Å²) < 4.78 is 0. The molecule has 1 aromatic carbocycles. The molecule has 0 bridgehead atoms. The average Bonchev–Trinajstić information content (AvgIpc) is 2.85. The maximum atomic E-state index is 11.7. The molecule has 0 aliphatic carbocycles. The van der Waals surface area contributed by atoms with E-state index in [1.54, 1.807) is 0 Å². The van der Waals surface area contributed by atoms with Crippen molar-refractivity contribution in [3.05, 3.63) is 40.3 Å². The van der Waals surface area contributed by atoms with Gasteiger partial charge in [-0.05, 0) is 18.2 Å². The number of hydrogen-bond donors (Lipinski definition) is 3. The predicted octanol–water partition coefficient (Wildman–Crippen LogP) is 1.80. The Hall–Kier alpha value is -2.41. The number of carbonyl (C=O) groups excluding carboxylic acids is 1. The molecule has 1 heterocycles. The Morgan fingerprint density at radius 3 is 2.72 bits per heavy atom. The molecular weight excluding hydrogens is 256 g/mol. The molecule has 6 nitrogen and oxygen atoms in total. The summed E-state index contributed by atoms with van der Waals surface area (Å²) in [6.07, 6.45) is 1.42. The number of hydrogen-bond acceptors (Lipinski definition) is 5. The van der Waals surface area contributed by atoms with Gasteiger partial charge >= 0.3 is 5.97 Å². The van der Waals surface area contributed by atoms with E-state index >= 15 is 0 Å². The zero-order valence-electron chi connectivity index (χ0n) is 8.95. The lowest BCUT2D eigenvalue weighted by molar-refractivity contribution is 0.0693. The predicted molar refractivity (Wildman–Crippen MR) is 65.1 cm³/mol. The number of amides is 1. The van der Waals surface area contributed by atoms with E-state index in [-0.39, 0.29) is 17.2 Å². The van der Waals surface area contributed by atoms with Crippen molar-refractivity contribution in [1.82, 2.24) is 4.98 Å². The van der Waals surface area contributed by atoms with Gasteiger partial charge in [-0.3, -0.25) is 9.78 Å². The van der Waals surface area contributed by atoms with Crippen LogP contribution in [0.1, 0.15) is 20.0 Å². The van der Waals surface area contributed by atoms with E-state index in [9.17, 15) is 14.7 Å². The number of benzene rings is 1. The van der Waals surface area contributed by atoms with Crippen molar-refractivity contribution in [3.8, 4) is 5.75 Å². The van der Waals surface area contributed by atoms with Crippen molar-refractivity contribution in [2.45, 2.75) is 0 Å². The molecule has 0 atom stereocenters. The Bertz CT molecular complexity index is 595. The number of carboxylic acid groups (broad SMARTS) is 1. The van der Waals surface area contributed by atoms with Gasteiger partial charge in [0.25, 0.3) is 5.91 Å². The number of anilines is 1. The number of aromatic nitrogens is 1. The fourth-order valence-corrected chi connectivity index (χ4v) is 1.82. The first-order valence-corrected chi connectivity index (χ1v) is 5.72. The van der Waals surface area contributed by atoms with Crippen molar-refractivity contribution in [1.29, 1.82) is 0 Å². The van der Waals surface area contributed by atoms with E-state index in [0.717, 1.165) is 0 Å². The zero-order chi connectivity index (χ0) is 13.1. The number of thiazole rings is 1. The molecule has 1 aromatic heterocycles.